The first-order valence-corrected chi connectivity index (χ1v) is 6.62. The topological polar surface area (TPSA) is 29.3 Å². The van der Waals surface area contributed by atoms with Gasteiger partial charge in [-0.15, -0.1) is 0 Å². The van der Waals surface area contributed by atoms with Crippen LogP contribution in [0.4, 0.5) is 0 Å². The van der Waals surface area contributed by atoms with E-state index < -0.39 is 0 Å². The Hall–Kier alpha value is -0.860. The van der Waals surface area contributed by atoms with Crippen LogP contribution in [0.2, 0.25) is 0 Å². The van der Waals surface area contributed by atoms with E-state index in [0.717, 1.165) is 13.1 Å². The molecule has 1 heterocycles. The van der Waals surface area contributed by atoms with Gasteiger partial charge in [0.1, 0.15) is 0 Å². The first-order valence-electron chi connectivity index (χ1n) is 6.62. The molecular formula is C15H24N2. The van der Waals surface area contributed by atoms with Crippen LogP contribution in [0.1, 0.15) is 35.1 Å². The van der Waals surface area contributed by atoms with Crippen LogP contribution in [0.3, 0.4) is 0 Å². The fourth-order valence-electron chi connectivity index (χ4n) is 2.78. The highest BCUT2D eigenvalue weighted by Gasteiger charge is 2.23. The van der Waals surface area contributed by atoms with Crippen molar-refractivity contribution in [2.45, 2.75) is 46.2 Å². The number of hydrogen-bond donors (Lipinski definition) is 1. The molecule has 0 aliphatic carbocycles. The summed E-state index contributed by atoms with van der Waals surface area (Å²) >= 11 is 0. The van der Waals surface area contributed by atoms with Crippen LogP contribution in [-0.2, 0) is 6.54 Å². The number of benzene rings is 1. The van der Waals surface area contributed by atoms with Crippen molar-refractivity contribution in [3.05, 3.63) is 34.4 Å². The normalized spacial score (nSPS) is 21.1. The van der Waals surface area contributed by atoms with Crippen LogP contribution in [0, 0.1) is 20.8 Å². The van der Waals surface area contributed by atoms with Crippen molar-refractivity contribution in [2.24, 2.45) is 5.73 Å². The molecule has 0 aromatic heterocycles. The molecule has 0 saturated carbocycles. The Bertz CT molecular complexity index is 398. The zero-order chi connectivity index (χ0) is 12.4. The van der Waals surface area contributed by atoms with Crippen LogP contribution < -0.4 is 5.73 Å². The molecule has 0 bridgehead atoms. The number of hydrogen-bond acceptors (Lipinski definition) is 2. The summed E-state index contributed by atoms with van der Waals surface area (Å²) < 4.78 is 0. The van der Waals surface area contributed by atoms with Gasteiger partial charge in [0.15, 0.2) is 0 Å². The summed E-state index contributed by atoms with van der Waals surface area (Å²) in [7, 11) is 0. The molecule has 2 rings (SSSR count). The molecule has 1 aromatic rings. The first kappa shape index (κ1) is 12.6. The van der Waals surface area contributed by atoms with Crippen molar-refractivity contribution in [1.29, 1.82) is 0 Å². The number of aryl methyl sites for hydroxylation is 3. The molecule has 1 aliphatic rings. The third kappa shape index (κ3) is 2.70. The molecule has 0 spiro atoms. The van der Waals surface area contributed by atoms with Crippen LogP contribution in [0.25, 0.3) is 0 Å². The maximum atomic E-state index is 5.83. The molecule has 1 saturated heterocycles. The number of rotatable bonds is 3. The van der Waals surface area contributed by atoms with Gasteiger partial charge in [-0.2, -0.15) is 0 Å². The van der Waals surface area contributed by atoms with E-state index in [0.29, 0.717) is 6.04 Å². The second kappa shape index (κ2) is 5.19. The lowest BCUT2D eigenvalue weighted by Crippen LogP contribution is -2.35. The Labute approximate surface area is 105 Å². The minimum atomic E-state index is 0.594. The summed E-state index contributed by atoms with van der Waals surface area (Å²) in [4.78, 5) is 2.54. The van der Waals surface area contributed by atoms with Crippen molar-refractivity contribution in [3.8, 4) is 0 Å². The van der Waals surface area contributed by atoms with Gasteiger partial charge in [-0.3, -0.25) is 4.90 Å². The standard InChI is InChI=1S/C15H24N2/c1-11-7-13(3)14(8-12(11)2)10-17-6-4-5-15(17)9-16/h7-8,15H,4-6,9-10,16H2,1-3H3. The Morgan fingerprint density at radius 1 is 1.18 bits per heavy atom. The molecule has 1 aliphatic heterocycles. The van der Waals surface area contributed by atoms with Gasteiger partial charge in [-0.25, -0.2) is 0 Å². The van der Waals surface area contributed by atoms with E-state index in [9.17, 15) is 0 Å². The van der Waals surface area contributed by atoms with Crippen LogP contribution in [0.15, 0.2) is 12.1 Å². The Kier molecular flexibility index (Phi) is 3.85. The van der Waals surface area contributed by atoms with E-state index in [4.69, 9.17) is 5.73 Å². The SMILES string of the molecule is Cc1cc(C)c(CN2CCCC2CN)cc1C. The van der Waals surface area contributed by atoms with Crippen LogP contribution >= 0.6 is 0 Å². The summed E-state index contributed by atoms with van der Waals surface area (Å²) in [5.41, 5.74) is 11.5. The maximum Gasteiger partial charge on any atom is 0.0239 e. The van der Waals surface area contributed by atoms with Gasteiger partial charge in [-0.05, 0) is 62.4 Å². The Balaban J connectivity index is 2.15. The molecule has 1 unspecified atom stereocenters. The zero-order valence-corrected chi connectivity index (χ0v) is 11.3. The highest BCUT2D eigenvalue weighted by molar-refractivity contribution is 5.36. The van der Waals surface area contributed by atoms with Gasteiger partial charge in [0.05, 0.1) is 0 Å². The summed E-state index contributed by atoms with van der Waals surface area (Å²) in [6, 6.07) is 5.24. The van der Waals surface area contributed by atoms with E-state index in [-0.39, 0.29) is 0 Å². The van der Waals surface area contributed by atoms with Crippen molar-refractivity contribution < 1.29 is 0 Å². The lowest BCUT2D eigenvalue weighted by atomic mass is 10.0. The molecular weight excluding hydrogens is 208 g/mol. The molecule has 94 valence electrons. The molecule has 2 nitrogen and oxygen atoms in total. The molecule has 1 atom stereocenters. The lowest BCUT2D eigenvalue weighted by Gasteiger charge is -2.24. The predicted octanol–water partition coefficient (Wildman–Crippen LogP) is 2.53. The van der Waals surface area contributed by atoms with Gasteiger partial charge < -0.3 is 5.73 Å². The molecule has 0 radical (unpaired) electrons. The smallest absolute Gasteiger partial charge is 0.0239 e. The highest BCUT2D eigenvalue weighted by atomic mass is 15.2. The molecule has 17 heavy (non-hydrogen) atoms. The molecule has 2 N–H and O–H groups in total. The summed E-state index contributed by atoms with van der Waals surface area (Å²) in [6.45, 7) is 9.66. The minimum Gasteiger partial charge on any atom is -0.329 e. The fraction of sp³-hybridized carbons (Fsp3) is 0.600. The fourth-order valence-corrected chi connectivity index (χ4v) is 2.78. The third-order valence-corrected chi connectivity index (χ3v) is 4.10. The Morgan fingerprint density at radius 3 is 2.59 bits per heavy atom. The highest BCUT2D eigenvalue weighted by Crippen LogP contribution is 2.22. The van der Waals surface area contributed by atoms with E-state index in [1.165, 1.54) is 41.6 Å². The molecule has 1 aromatic carbocycles. The van der Waals surface area contributed by atoms with Gasteiger partial charge in [0.2, 0.25) is 0 Å². The van der Waals surface area contributed by atoms with E-state index in [1.807, 2.05) is 0 Å². The largest absolute Gasteiger partial charge is 0.329 e. The second-order valence-corrected chi connectivity index (χ2v) is 5.37. The van der Waals surface area contributed by atoms with Crippen molar-refractivity contribution >= 4 is 0 Å². The van der Waals surface area contributed by atoms with E-state index in [1.54, 1.807) is 0 Å². The van der Waals surface area contributed by atoms with Gasteiger partial charge >= 0.3 is 0 Å². The minimum absolute atomic E-state index is 0.594. The van der Waals surface area contributed by atoms with E-state index in [2.05, 4.69) is 37.8 Å². The quantitative estimate of drug-likeness (QED) is 0.867. The van der Waals surface area contributed by atoms with Crippen LogP contribution in [-0.4, -0.2) is 24.0 Å². The monoisotopic (exact) mass is 232 g/mol. The summed E-state index contributed by atoms with van der Waals surface area (Å²) in [5, 5.41) is 0. The summed E-state index contributed by atoms with van der Waals surface area (Å²) in [5.74, 6) is 0. The maximum absolute atomic E-state index is 5.83. The first-order chi connectivity index (χ1) is 8.11. The van der Waals surface area contributed by atoms with Crippen molar-refractivity contribution in [3.63, 3.8) is 0 Å². The van der Waals surface area contributed by atoms with Gasteiger partial charge in [0.25, 0.3) is 0 Å². The van der Waals surface area contributed by atoms with E-state index >= 15 is 0 Å². The van der Waals surface area contributed by atoms with Crippen LogP contribution in [0.5, 0.6) is 0 Å². The third-order valence-electron chi connectivity index (χ3n) is 4.10. The average molecular weight is 232 g/mol. The lowest BCUT2D eigenvalue weighted by molar-refractivity contribution is 0.250. The van der Waals surface area contributed by atoms with Gasteiger partial charge in [-0.1, -0.05) is 12.1 Å². The Morgan fingerprint density at radius 2 is 1.88 bits per heavy atom. The number of likely N-dealkylation sites (tertiary alicyclic amines) is 1. The average Bonchev–Trinajstić information content (AvgIpc) is 2.73. The van der Waals surface area contributed by atoms with Crippen molar-refractivity contribution in [1.82, 2.24) is 4.90 Å². The molecule has 0 amide bonds. The van der Waals surface area contributed by atoms with Gasteiger partial charge in [0, 0.05) is 19.1 Å². The molecule has 1 fully saturated rings. The second-order valence-electron chi connectivity index (χ2n) is 5.37. The summed E-state index contributed by atoms with van der Waals surface area (Å²) in [6.07, 6.45) is 2.56. The predicted molar refractivity (Wildman–Crippen MR) is 73.1 cm³/mol. The number of nitrogens with two attached hydrogens (primary N) is 1. The number of nitrogens with zero attached hydrogens (tertiary/aromatic N) is 1. The molecule has 2 heteroatoms. The zero-order valence-electron chi connectivity index (χ0n) is 11.3. The van der Waals surface area contributed by atoms with Crippen molar-refractivity contribution in [2.75, 3.05) is 13.1 Å².